The number of aliphatic hydroxyl groups is 1. The number of anilines is 2. The lowest BCUT2D eigenvalue weighted by molar-refractivity contribution is 0.222. The molecular weight excluding hydrogens is 258 g/mol. The summed E-state index contributed by atoms with van der Waals surface area (Å²) in [6, 6.07) is 0.533. The quantitative estimate of drug-likeness (QED) is 0.693. The second-order valence-electron chi connectivity index (χ2n) is 4.85. The second-order valence-corrected chi connectivity index (χ2v) is 4.85. The van der Waals surface area contributed by atoms with Crippen molar-refractivity contribution in [2.45, 2.75) is 39.2 Å². The fraction of sp³-hybridized carbons (Fsp3) is 0.769. The van der Waals surface area contributed by atoms with Gasteiger partial charge in [-0.2, -0.15) is 15.0 Å². The van der Waals surface area contributed by atoms with E-state index in [0.29, 0.717) is 24.5 Å². The topological polar surface area (TPSA) is 92.2 Å². The number of aromatic nitrogens is 3. The third-order valence-electron chi connectivity index (χ3n) is 3.43. The molecule has 20 heavy (non-hydrogen) atoms. The molecule has 1 aliphatic carbocycles. The summed E-state index contributed by atoms with van der Waals surface area (Å²) in [5.41, 5.74) is 0. The Morgan fingerprint density at radius 2 is 2.00 bits per heavy atom. The first-order valence-corrected chi connectivity index (χ1v) is 7.27. The van der Waals surface area contributed by atoms with Gasteiger partial charge in [-0.25, -0.2) is 0 Å². The van der Waals surface area contributed by atoms with Gasteiger partial charge in [-0.3, -0.25) is 0 Å². The molecule has 112 valence electrons. The lowest BCUT2D eigenvalue weighted by atomic mass is 10.1. The second kappa shape index (κ2) is 7.23. The molecule has 0 amide bonds. The van der Waals surface area contributed by atoms with Gasteiger partial charge in [0.2, 0.25) is 11.9 Å². The molecule has 0 saturated heterocycles. The van der Waals surface area contributed by atoms with Crippen LogP contribution in [0.25, 0.3) is 0 Å². The first kappa shape index (κ1) is 14.8. The summed E-state index contributed by atoms with van der Waals surface area (Å²) < 4.78 is 5.36. The van der Waals surface area contributed by atoms with Crippen LogP contribution in [0.3, 0.4) is 0 Å². The van der Waals surface area contributed by atoms with Crippen LogP contribution in [-0.2, 0) is 0 Å². The van der Waals surface area contributed by atoms with Crippen LogP contribution in [0.5, 0.6) is 6.01 Å². The molecular formula is C13H23N5O2. The average Bonchev–Trinajstić information content (AvgIpc) is 2.86. The summed E-state index contributed by atoms with van der Waals surface area (Å²) in [6.45, 7) is 5.31. The van der Waals surface area contributed by atoms with E-state index in [1.807, 2.05) is 13.8 Å². The van der Waals surface area contributed by atoms with Gasteiger partial charge in [-0.15, -0.1) is 0 Å². The molecule has 1 saturated carbocycles. The highest BCUT2D eigenvalue weighted by atomic mass is 16.5. The highest BCUT2D eigenvalue weighted by Crippen LogP contribution is 2.27. The molecule has 1 aliphatic rings. The molecule has 2 atom stereocenters. The van der Waals surface area contributed by atoms with E-state index in [1.54, 1.807) is 0 Å². The van der Waals surface area contributed by atoms with Crippen molar-refractivity contribution in [1.29, 1.82) is 0 Å². The first-order valence-electron chi connectivity index (χ1n) is 7.27. The lowest BCUT2D eigenvalue weighted by Gasteiger charge is -2.19. The predicted octanol–water partition coefficient (Wildman–Crippen LogP) is 1.27. The summed E-state index contributed by atoms with van der Waals surface area (Å²) in [6.07, 6.45) is 3.18. The SMILES string of the molecule is CCNc1nc(NC2CCCC2CO)nc(OCC)n1. The minimum atomic E-state index is 0.196. The number of aliphatic hydroxyl groups excluding tert-OH is 1. The zero-order chi connectivity index (χ0) is 14.4. The van der Waals surface area contributed by atoms with Crippen molar-refractivity contribution in [1.82, 2.24) is 15.0 Å². The van der Waals surface area contributed by atoms with Gasteiger partial charge in [0.1, 0.15) is 0 Å². The van der Waals surface area contributed by atoms with Crippen molar-refractivity contribution in [2.24, 2.45) is 5.92 Å². The normalized spacial score (nSPS) is 21.8. The highest BCUT2D eigenvalue weighted by Gasteiger charge is 2.27. The van der Waals surface area contributed by atoms with Crippen molar-refractivity contribution >= 4 is 11.9 Å². The van der Waals surface area contributed by atoms with E-state index in [-0.39, 0.29) is 18.6 Å². The molecule has 1 fully saturated rings. The Bertz CT molecular complexity index is 405. The molecule has 0 radical (unpaired) electrons. The smallest absolute Gasteiger partial charge is 0.323 e. The summed E-state index contributed by atoms with van der Waals surface area (Å²) in [5, 5.41) is 15.7. The number of hydrogen-bond donors (Lipinski definition) is 3. The maximum absolute atomic E-state index is 9.36. The van der Waals surface area contributed by atoms with E-state index in [9.17, 15) is 5.11 Å². The van der Waals surface area contributed by atoms with Gasteiger partial charge in [-0.1, -0.05) is 6.42 Å². The van der Waals surface area contributed by atoms with Crippen molar-refractivity contribution < 1.29 is 9.84 Å². The lowest BCUT2D eigenvalue weighted by Crippen LogP contribution is -2.27. The van der Waals surface area contributed by atoms with Gasteiger partial charge >= 0.3 is 6.01 Å². The Hall–Kier alpha value is -1.63. The van der Waals surface area contributed by atoms with Gasteiger partial charge < -0.3 is 20.5 Å². The number of ether oxygens (including phenoxy) is 1. The Labute approximate surface area is 119 Å². The van der Waals surface area contributed by atoms with Crippen molar-refractivity contribution in [3.05, 3.63) is 0 Å². The third-order valence-corrected chi connectivity index (χ3v) is 3.43. The summed E-state index contributed by atoms with van der Waals surface area (Å²) in [4.78, 5) is 12.8. The maximum atomic E-state index is 9.36. The van der Waals surface area contributed by atoms with Crippen LogP contribution >= 0.6 is 0 Å². The number of rotatable bonds is 7. The molecule has 1 heterocycles. The monoisotopic (exact) mass is 281 g/mol. The van der Waals surface area contributed by atoms with Crippen LogP contribution in [-0.4, -0.2) is 45.9 Å². The average molecular weight is 281 g/mol. The van der Waals surface area contributed by atoms with Gasteiger partial charge in [-0.05, 0) is 26.7 Å². The highest BCUT2D eigenvalue weighted by molar-refractivity contribution is 5.36. The first-order chi connectivity index (χ1) is 9.76. The third kappa shape index (κ3) is 3.69. The molecule has 3 N–H and O–H groups in total. The van der Waals surface area contributed by atoms with Crippen LogP contribution in [0, 0.1) is 5.92 Å². The van der Waals surface area contributed by atoms with E-state index in [2.05, 4.69) is 25.6 Å². The Morgan fingerprint density at radius 1 is 1.20 bits per heavy atom. The van der Waals surface area contributed by atoms with E-state index >= 15 is 0 Å². The minimum Gasteiger partial charge on any atom is -0.464 e. The van der Waals surface area contributed by atoms with Crippen LogP contribution in [0.1, 0.15) is 33.1 Å². The van der Waals surface area contributed by atoms with E-state index < -0.39 is 0 Å². The predicted molar refractivity (Wildman–Crippen MR) is 77.0 cm³/mol. The number of nitrogens with zero attached hydrogens (tertiary/aromatic N) is 3. The summed E-state index contributed by atoms with van der Waals surface area (Å²) in [7, 11) is 0. The fourth-order valence-corrected chi connectivity index (χ4v) is 2.46. The van der Waals surface area contributed by atoms with Gasteiger partial charge in [0.05, 0.1) is 6.61 Å². The van der Waals surface area contributed by atoms with E-state index in [1.165, 1.54) is 0 Å². The summed E-state index contributed by atoms with van der Waals surface area (Å²) in [5.74, 6) is 1.28. The zero-order valence-corrected chi connectivity index (χ0v) is 12.1. The minimum absolute atomic E-state index is 0.196. The van der Waals surface area contributed by atoms with Crippen LogP contribution in [0.4, 0.5) is 11.9 Å². The van der Waals surface area contributed by atoms with Gasteiger partial charge in [0.15, 0.2) is 0 Å². The standard InChI is InChI=1S/C13H23N5O2/c1-3-14-11-16-12(18-13(17-11)20-4-2)15-10-7-5-6-9(10)8-19/h9-10,19H,3-8H2,1-2H3,(H2,14,15,16,17,18). The molecule has 7 heteroatoms. The Morgan fingerprint density at radius 3 is 2.70 bits per heavy atom. The molecule has 2 rings (SSSR count). The molecule has 0 bridgehead atoms. The molecule has 0 aliphatic heterocycles. The maximum Gasteiger partial charge on any atom is 0.323 e. The Kier molecular flexibility index (Phi) is 5.34. The Balaban J connectivity index is 2.12. The van der Waals surface area contributed by atoms with Crippen molar-refractivity contribution in [3.63, 3.8) is 0 Å². The van der Waals surface area contributed by atoms with Crippen molar-refractivity contribution in [2.75, 3.05) is 30.4 Å². The molecule has 7 nitrogen and oxygen atoms in total. The van der Waals surface area contributed by atoms with Gasteiger partial charge in [0.25, 0.3) is 0 Å². The van der Waals surface area contributed by atoms with E-state index in [0.717, 1.165) is 25.8 Å². The molecule has 0 aromatic carbocycles. The van der Waals surface area contributed by atoms with Crippen LogP contribution < -0.4 is 15.4 Å². The zero-order valence-electron chi connectivity index (χ0n) is 12.1. The number of hydrogen-bond acceptors (Lipinski definition) is 7. The van der Waals surface area contributed by atoms with Crippen LogP contribution in [0.2, 0.25) is 0 Å². The number of nitrogens with one attached hydrogen (secondary N) is 2. The fourth-order valence-electron chi connectivity index (χ4n) is 2.46. The molecule has 2 unspecified atom stereocenters. The van der Waals surface area contributed by atoms with Crippen molar-refractivity contribution in [3.8, 4) is 6.01 Å². The van der Waals surface area contributed by atoms with E-state index in [4.69, 9.17) is 4.74 Å². The molecule has 1 aromatic rings. The van der Waals surface area contributed by atoms with Crippen LogP contribution in [0.15, 0.2) is 0 Å². The molecule has 1 aromatic heterocycles. The summed E-state index contributed by atoms with van der Waals surface area (Å²) >= 11 is 0. The van der Waals surface area contributed by atoms with Gasteiger partial charge in [0, 0.05) is 25.1 Å². The largest absolute Gasteiger partial charge is 0.464 e. The molecule has 0 spiro atoms.